The molecule has 0 atom stereocenters. The Balaban J connectivity index is 0.00000210. The topological polar surface area (TPSA) is 62.5 Å². The molecule has 0 saturated carbocycles. The molecule has 1 fully saturated rings. The number of thiazole rings is 1. The van der Waals surface area contributed by atoms with Crippen LogP contribution in [-0.4, -0.2) is 46.9 Å². The first-order chi connectivity index (χ1) is 12.7. The highest BCUT2D eigenvalue weighted by atomic mass is 35.5. The Labute approximate surface area is 169 Å². The fourth-order valence-electron chi connectivity index (χ4n) is 3.25. The standard InChI is InChI=1S/C20H22N4OS.ClH/c21-13-15-5-7-16(8-6-15)20(25)24-11-9-23(10-12-24)14-19-22-17-3-1-2-4-18(17)26-19;/h1-8H,9-14,21H2;1H. The molecule has 0 spiro atoms. The predicted molar refractivity (Wildman–Crippen MR) is 112 cm³/mol. The van der Waals surface area contributed by atoms with Gasteiger partial charge in [-0.25, -0.2) is 4.98 Å². The van der Waals surface area contributed by atoms with Gasteiger partial charge in [-0.1, -0.05) is 24.3 Å². The zero-order chi connectivity index (χ0) is 17.9. The molecular formula is C20H23ClN4OS. The fraction of sp³-hybridized carbons (Fsp3) is 0.300. The number of halogens is 1. The number of hydrogen-bond donors (Lipinski definition) is 1. The lowest BCUT2D eigenvalue weighted by molar-refractivity contribution is 0.0628. The van der Waals surface area contributed by atoms with Crippen LogP contribution in [0.2, 0.25) is 0 Å². The Kier molecular flexibility index (Phi) is 6.44. The summed E-state index contributed by atoms with van der Waals surface area (Å²) in [6, 6.07) is 15.8. The molecule has 2 heterocycles. The number of fused-ring (bicyclic) bond motifs is 1. The number of carbonyl (C=O) groups excluding carboxylic acids is 1. The third kappa shape index (κ3) is 4.47. The number of para-hydroxylation sites is 1. The molecule has 1 saturated heterocycles. The number of hydrogen-bond acceptors (Lipinski definition) is 5. The molecule has 4 rings (SSSR count). The van der Waals surface area contributed by atoms with E-state index in [9.17, 15) is 4.79 Å². The van der Waals surface area contributed by atoms with Crippen LogP contribution in [0.4, 0.5) is 0 Å². The monoisotopic (exact) mass is 402 g/mol. The van der Waals surface area contributed by atoms with Crippen LogP contribution < -0.4 is 5.73 Å². The van der Waals surface area contributed by atoms with Crippen molar-refractivity contribution in [2.45, 2.75) is 13.1 Å². The molecule has 1 aromatic heterocycles. The summed E-state index contributed by atoms with van der Waals surface area (Å²) < 4.78 is 1.23. The molecule has 142 valence electrons. The third-order valence-electron chi connectivity index (χ3n) is 4.79. The smallest absolute Gasteiger partial charge is 0.253 e. The van der Waals surface area contributed by atoms with Gasteiger partial charge in [0, 0.05) is 38.3 Å². The normalized spacial score (nSPS) is 14.9. The Morgan fingerprint density at radius 3 is 2.41 bits per heavy atom. The lowest BCUT2D eigenvalue weighted by atomic mass is 10.1. The van der Waals surface area contributed by atoms with Crippen LogP contribution in [0.3, 0.4) is 0 Å². The molecule has 3 aromatic rings. The average Bonchev–Trinajstić information content (AvgIpc) is 3.10. The van der Waals surface area contributed by atoms with Crippen LogP contribution in [0.5, 0.6) is 0 Å². The average molecular weight is 403 g/mol. The van der Waals surface area contributed by atoms with Gasteiger partial charge in [-0.05, 0) is 29.8 Å². The Morgan fingerprint density at radius 1 is 1.04 bits per heavy atom. The van der Waals surface area contributed by atoms with E-state index in [0.29, 0.717) is 6.54 Å². The van der Waals surface area contributed by atoms with E-state index in [1.54, 1.807) is 11.3 Å². The first-order valence-electron chi connectivity index (χ1n) is 8.88. The van der Waals surface area contributed by atoms with Gasteiger partial charge in [-0.15, -0.1) is 23.7 Å². The first-order valence-corrected chi connectivity index (χ1v) is 9.69. The summed E-state index contributed by atoms with van der Waals surface area (Å²) in [6.45, 7) is 4.61. The van der Waals surface area contributed by atoms with Crippen LogP contribution in [0, 0.1) is 0 Å². The molecule has 0 radical (unpaired) electrons. The second-order valence-electron chi connectivity index (χ2n) is 6.54. The van der Waals surface area contributed by atoms with Gasteiger partial charge in [-0.2, -0.15) is 0 Å². The Hall–Kier alpha value is -1.99. The van der Waals surface area contributed by atoms with Crippen molar-refractivity contribution < 1.29 is 4.79 Å². The van der Waals surface area contributed by atoms with E-state index in [2.05, 4.69) is 23.1 Å². The lowest BCUT2D eigenvalue weighted by Crippen LogP contribution is -2.48. The summed E-state index contributed by atoms with van der Waals surface area (Å²) in [4.78, 5) is 21.7. The van der Waals surface area contributed by atoms with Gasteiger partial charge in [0.2, 0.25) is 0 Å². The van der Waals surface area contributed by atoms with Crippen molar-refractivity contribution >= 4 is 39.9 Å². The van der Waals surface area contributed by atoms with Crippen LogP contribution in [-0.2, 0) is 13.1 Å². The number of benzene rings is 2. The molecule has 7 heteroatoms. The predicted octanol–water partition coefficient (Wildman–Crippen LogP) is 3.13. The highest BCUT2D eigenvalue weighted by molar-refractivity contribution is 7.18. The molecule has 1 aliphatic rings. The van der Waals surface area contributed by atoms with E-state index in [1.165, 1.54) is 4.70 Å². The minimum atomic E-state index is 0. The second-order valence-corrected chi connectivity index (χ2v) is 7.66. The maximum absolute atomic E-state index is 12.6. The van der Waals surface area contributed by atoms with Crippen molar-refractivity contribution in [3.8, 4) is 0 Å². The van der Waals surface area contributed by atoms with Gasteiger partial charge in [0.25, 0.3) is 5.91 Å². The lowest BCUT2D eigenvalue weighted by Gasteiger charge is -2.34. The van der Waals surface area contributed by atoms with Crippen LogP contribution in [0.25, 0.3) is 10.2 Å². The number of amides is 1. The van der Waals surface area contributed by atoms with Gasteiger partial charge >= 0.3 is 0 Å². The molecule has 1 amide bonds. The van der Waals surface area contributed by atoms with E-state index in [4.69, 9.17) is 10.7 Å². The van der Waals surface area contributed by atoms with E-state index in [1.807, 2.05) is 35.2 Å². The molecular weight excluding hydrogens is 380 g/mol. The number of piperazine rings is 1. The zero-order valence-corrected chi connectivity index (χ0v) is 16.6. The molecule has 0 bridgehead atoms. The fourth-order valence-corrected chi connectivity index (χ4v) is 4.26. The molecule has 2 aromatic carbocycles. The summed E-state index contributed by atoms with van der Waals surface area (Å²) in [5.41, 5.74) is 8.47. The SMILES string of the molecule is Cl.NCc1ccc(C(=O)N2CCN(Cc3nc4ccccc4s3)CC2)cc1. The number of carbonyl (C=O) groups is 1. The van der Waals surface area contributed by atoms with Crippen LogP contribution in [0.1, 0.15) is 20.9 Å². The Morgan fingerprint density at radius 2 is 1.74 bits per heavy atom. The minimum Gasteiger partial charge on any atom is -0.336 e. The first kappa shape index (κ1) is 19.8. The number of nitrogens with zero attached hydrogens (tertiary/aromatic N) is 3. The minimum absolute atomic E-state index is 0. The maximum Gasteiger partial charge on any atom is 0.253 e. The Bertz CT molecular complexity index is 871. The van der Waals surface area contributed by atoms with Gasteiger partial charge in [-0.3, -0.25) is 9.69 Å². The van der Waals surface area contributed by atoms with Gasteiger partial charge in [0.1, 0.15) is 5.01 Å². The molecule has 2 N–H and O–H groups in total. The summed E-state index contributed by atoms with van der Waals surface area (Å²) in [5, 5.41) is 1.14. The zero-order valence-electron chi connectivity index (χ0n) is 15.0. The van der Waals surface area contributed by atoms with Gasteiger partial charge in [0.05, 0.1) is 16.8 Å². The molecule has 1 aliphatic heterocycles. The summed E-state index contributed by atoms with van der Waals surface area (Å²) in [7, 11) is 0. The van der Waals surface area contributed by atoms with Crippen LogP contribution in [0.15, 0.2) is 48.5 Å². The van der Waals surface area contributed by atoms with Crippen molar-refractivity contribution in [1.82, 2.24) is 14.8 Å². The third-order valence-corrected chi connectivity index (χ3v) is 5.81. The van der Waals surface area contributed by atoms with E-state index >= 15 is 0 Å². The summed E-state index contributed by atoms with van der Waals surface area (Å²) in [6.07, 6.45) is 0. The van der Waals surface area contributed by atoms with Crippen molar-refractivity contribution in [2.75, 3.05) is 26.2 Å². The van der Waals surface area contributed by atoms with E-state index in [-0.39, 0.29) is 18.3 Å². The molecule has 0 unspecified atom stereocenters. The largest absolute Gasteiger partial charge is 0.336 e. The van der Waals surface area contributed by atoms with Crippen molar-refractivity contribution in [3.05, 3.63) is 64.7 Å². The highest BCUT2D eigenvalue weighted by Crippen LogP contribution is 2.23. The van der Waals surface area contributed by atoms with Crippen LogP contribution >= 0.6 is 23.7 Å². The summed E-state index contributed by atoms with van der Waals surface area (Å²) in [5.74, 6) is 0.105. The molecule has 27 heavy (non-hydrogen) atoms. The van der Waals surface area contributed by atoms with E-state index < -0.39 is 0 Å². The maximum atomic E-state index is 12.6. The van der Waals surface area contributed by atoms with Gasteiger partial charge in [0.15, 0.2) is 0 Å². The van der Waals surface area contributed by atoms with Crippen molar-refractivity contribution in [1.29, 1.82) is 0 Å². The number of rotatable bonds is 4. The number of nitrogens with two attached hydrogens (primary N) is 1. The second kappa shape index (κ2) is 8.80. The van der Waals surface area contributed by atoms with Crippen molar-refractivity contribution in [3.63, 3.8) is 0 Å². The quantitative estimate of drug-likeness (QED) is 0.728. The summed E-state index contributed by atoms with van der Waals surface area (Å²) >= 11 is 1.75. The van der Waals surface area contributed by atoms with E-state index in [0.717, 1.165) is 54.4 Å². The highest BCUT2D eigenvalue weighted by Gasteiger charge is 2.22. The number of aromatic nitrogens is 1. The van der Waals surface area contributed by atoms with Crippen molar-refractivity contribution in [2.24, 2.45) is 5.73 Å². The molecule has 0 aliphatic carbocycles. The van der Waals surface area contributed by atoms with Gasteiger partial charge < -0.3 is 10.6 Å². The molecule has 5 nitrogen and oxygen atoms in total.